The number of rotatable bonds is 7. The van der Waals surface area contributed by atoms with Crippen molar-refractivity contribution in [3.63, 3.8) is 0 Å². The first kappa shape index (κ1) is 16.7. The maximum absolute atomic E-state index is 12.0. The number of methoxy groups -OCH3 is 1. The Bertz CT molecular complexity index is 425. The minimum absolute atomic E-state index is 0.0279. The fourth-order valence-corrected chi connectivity index (χ4v) is 1.88. The van der Waals surface area contributed by atoms with Crippen LogP contribution in [0.5, 0.6) is 5.75 Å². The number of halogens is 3. The highest BCUT2D eigenvalue weighted by atomic mass is 19.4. The van der Waals surface area contributed by atoms with Crippen molar-refractivity contribution in [3.05, 3.63) is 29.3 Å². The lowest BCUT2D eigenvalue weighted by Gasteiger charge is -2.19. The zero-order chi connectivity index (χ0) is 15.2. The second-order valence-electron chi connectivity index (χ2n) is 4.40. The van der Waals surface area contributed by atoms with Crippen molar-refractivity contribution in [1.82, 2.24) is 5.43 Å². The Labute approximate surface area is 116 Å². The van der Waals surface area contributed by atoms with Crippen LogP contribution in [0.25, 0.3) is 0 Å². The smallest absolute Gasteiger partial charge is 0.411 e. The molecule has 0 fully saturated rings. The predicted molar refractivity (Wildman–Crippen MR) is 69.3 cm³/mol. The first-order valence-corrected chi connectivity index (χ1v) is 6.12. The number of benzene rings is 1. The number of alkyl halides is 3. The molecule has 0 amide bonds. The van der Waals surface area contributed by atoms with Gasteiger partial charge in [0.15, 0.2) is 0 Å². The SMILES string of the molecule is COc1ccc(C(CCOCC(F)(F)F)NN)c(C)c1. The van der Waals surface area contributed by atoms with E-state index in [2.05, 4.69) is 10.2 Å². The summed E-state index contributed by atoms with van der Waals surface area (Å²) in [5, 5.41) is 0. The Kier molecular flexibility index (Phi) is 6.25. The molecule has 0 bridgehead atoms. The van der Waals surface area contributed by atoms with E-state index in [4.69, 9.17) is 10.6 Å². The van der Waals surface area contributed by atoms with Crippen molar-refractivity contribution in [1.29, 1.82) is 0 Å². The highest BCUT2D eigenvalue weighted by Crippen LogP contribution is 2.24. The maximum Gasteiger partial charge on any atom is 0.411 e. The van der Waals surface area contributed by atoms with Crippen LogP contribution in [0.2, 0.25) is 0 Å². The molecule has 0 saturated carbocycles. The van der Waals surface area contributed by atoms with Gasteiger partial charge in [-0.05, 0) is 36.6 Å². The quantitative estimate of drug-likeness (QED) is 0.460. The van der Waals surface area contributed by atoms with Gasteiger partial charge in [0.05, 0.1) is 7.11 Å². The van der Waals surface area contributed by atoms with Crippen LogP contribution in [-0.4, -0.2) is 26.5 Å². The third-order valence-corrected chi connectivity index (χ3v) is 2.87. The minimum atomic E-state index is -4.30. The Morgan fingerprint density at radius 1 is 1.35 bits per heavy atom. The van der Waals surface area contributed by atoms with Crippen molar-refractivity contribution in [3.8, 4) is 5.75 Å². The maximum atomic E-state index is 12.0. The number of hydrogen-bond donors (Lipinski definition) is 2. The van der Waals surface area contributed by atoms with E-state index in [0.717, 1.165) is 16.9 Å². The van der Waals surface area contributed by atoms with E-state index < -0.39 is 12.8 Å². The van der Waals surface area contributed by atoms with Gasteiger partial charge in [-0.2, -0.15) is 13.2 Å². The number of nitrogens with two attached hydrogens (primary N) is 1. The summed E-state index contributed by atoms with van der Waals surface area (Å²) in [4.78, 5) is 0. The van der Waals surface area contributed by atoms with Crippen molar-refractivity contribution < 1.29 is 22.6 Å². The van der Waals surface area contributed by atoms with Gasteiger partial charge in [0.1, 0.15) is 12.4 Å². The molecule has 0 heterocycles. The van der Waals surface area contributed by atoms with E-state index >= 15 is 0 Å². The average Bonchev–Trinajstić information content (AvgIpc) is 2.38. The molecule has 0 aromatic heterocycles. The molecule has 1 aromatic carbocycles. The molecule has 1 unspecified atom stereocenters. The lowest BCUT2D eigenvalue weighted by atomic mass is 9.99. The van der Waals surface area contributed by atoms with Crippen LogP contribution in [0.4, 0.5) is 13.2 Å². The van der Waals surface area contributed by atoms with Gasteiger partial charge in [-0.1, -0.05) is 6.07 Å². The van der Waals surface area contributed by atoms with Crippen LogP contribution in [0.15, 0.2) is 18.2 Å². The lowest BCUT2D eigenvalue weighted by molar-refractivity contribution is -0.174. The van der Waals surface area contributed by atoms with Gasteiger partial charge in [0.25, 0.3) is 0 Å². The molecule has 0 radical (unpaired) electrons. The molecule has 1 aromatic rings. The summed E-state index contributed by atoms with van der Waals surface area (Å²) in [5.41, 5.74) is 4.45. The van der Waals surface area contributed by atoms with Gasteiger partial charge in [-0.25, -0.2) is 0 Å². The molecule has 1 atom stereocenters. The number of hydrazine groups is 1. The van der Waals surface area contributed by atoms with Crippen molar-refractivity contribution >= 4 is 0 Å². The number of ether oxygens (including phenoxy) is 2. The van der Waals surface area contributed by atoms with Crippen LogP contribution in [0, 0.1) is 6.92 Å². The third-order valence-electron chi connectivity index (χ3n) is 2.87. The number of hydrogen-bond acceptors (Lipinski definition) is 4. The molecule has 1 rings (SSSR count). The molecule has 3 N–H and O–H groups in total. The Balaban J connectivity index is 2.58. The van der Waals surface area contributed by atoms with Crippen LogP contribution in [0.1, 0.15) is 23.6 Å². The average molecular weight is 292 g/mol. The van der Waals surface area contributed by atoms with Gasteiger partial charge in [0.2, 0.25) is 0 Å². The summed E-state index contributed by atoms with van der Waals surface area (Å²) >= 11 is 0. The minimum Gasteiger partial charge on any atom is -0.497 e. The molecule has 4 nitrogen and oxygen atoms in total. The fourth-order valence-electron chi connectivity index (χ4n) is 1.88. The summed E-state index contributed by atoms with van der Waals surface area (Å²) in [6.07, 6.45) is -3.96. The van der Waals surface area contributed by atoms with E-state index in [0.29, 0.717) is 6.42 Å². The summed E-state index contributed by atoms with van der Waals surface area (Å²) in [6.45, 7) is 0.616. The Hall–Kier alpha value is -1.31. The summed E-state index contributed by atoms with van der Waals surface area (Å²) in [6, 6.07) is 5.19. The second-order valence-corrected chi connectivity index (χ2v) is 4.40. The second kappa shape index (κ2) is 7.47. The standard InChI is InChI=1S/C13H19F3N2O2/c1-9-7-10(19-2)3-4-11(9)12(18-17)5-6-20-8-13(14,15)16/h3-4,7,12,18H,5-6,8,17H2,1-2H3. The van der Waals surface area contributed by atoms with Gasteiger partial charge in [0, 0.05) is 12.6 Å². The zero-order valence-corrected chi connectivity index (χ0v) is 11.5. The molecule has 0 saturated heterocycles. The van der Waals surface area contributed by atoms with E-state index in [1.165, 1.54) is 0 Å². The summed E-state index contributed by atoms with van der Waals surface area (Å²) in [5.74, 6) is 6.17. The van der Waals surface area contributed by atoms with Crippen molar-refractivity contribution in [2.24, 2.45) is 5.84 Å². The van der Waals surface area contributed by atoms with E-state index in [9.17, 15) is 13.2 Å². The molecular formula is C13H19F3N2O2. The van der Waals surface area contributed by atoms with E-state index in [1.807, 2.05) is 19.1 Å². The Morgan fingerprint density at radius 2 is 2.05 bits per heavy atom. The molecule has 0 aliphatic rings. The van der Waals surface area contributed by atoms with Crippen molar-refractivity contribution in [2.45, 2.75) is 25.6 Å². The van der Waals surface area contributed by atoms with E-state index in [1.54, 1.807) is 13.2 Å². The monoisotopic (exact) mass is 292 g/mol. The third kappa shape index (κ3) is 5.36. The zero-order valence-electron chi connectivity index (χ0n) is 11.5. The van der Waals surface area contributed by atoms with Crippen LogP contribution < -0.4 is 16.0 Å². The predicted octanol–water partition coefficient (Wildman–Crippen LogP) is 2.48. The van der Waals surface area contributed by atoms with Crippen molar-refractivity contribution in [2.75, 3.05) is 20.3 Å². The first-order valence-electron chi connectivity index (χ1n) is 6.12. The molecule has 20 heavy (non-hydrogen) atoms. The van der Waals surface area contributed by atoms with Crippen LogP contribution in [-0.2, 0) is 4.74 Å². The molecule has 114 valence electrons. The lowest BCUT2D eigenvalue weighted by Crippen LogP contribution is -2.30. The highest BCUT2D eigenvalue weighted by molar-refractivity contribution is 5.36. The van der Waals surface area contributed by atoms with Crippen LogP contribution in [0.3, 0.4) is 0 Å². The highest BCUT2D eigenvalue weighted by Gasteiger charge is 2.27. The summed E-state index contributed by atoms with van der Waals surface area (Å²) in [7, 11) is 1.57. The van der Waals surface area contributed by atoms with E-state index in [-0.39, 0.29) is 12.6 Å². The molecule has 0 aliphatic heterocycles. The molecule has 0 aliphatic carbocycles. The largest absolute Gasteiger partial charge is 0.497 e. The topological polar surface area (TPSA) is 56.5 Å². The van der Waals surface area contributed by atoms with Gasteiger partial charge in [-0.15, -0.1) is 0 Å². The van der Waals surface area contributed by atoms with Gasteiger partial charge < -0.3 is 9.47 Å². The Morgan fingerprint density at radius 3 is 2.55 bits per heavy atom. The number of aryl methyl sites for hydroxylation is 1. The number of nitrogens with one attached hydrogen (secondary N) is 1. The van der Waals surface area contributed by atoms with Crippen LogP contribution >= 0.6 is 0 Å². The van der Waals surface area contributed by atoms with Gasteiger partial charge in [-0.3, -0.25) is 11.3 Å². The first-order chi connectivity index (χ1) is 9.37. The normalized spacial score (nSPS) is 13.3. The fraction of sp³-hybridized carbons (Fsp3) is 0.538. The molecule has 7 heteroatoms. The molecule has 0 spiro atoms. The molecular weight excluding hydrogens is 273 g/mol. The van der Waals surface area contributed by atoms with Gasteiger partial charge >= 0.3 is 6.18 Å². The summed E-state index contributed by atoms with van der Waals surface area (Å²) < 4.78 is 45.5.